The lowest BCUT2D eigenvalue weighted by molar-refractivity contribution is -0.131. The van der Waals surface area contributed by atoms with Crippen LogP contribution in [0, 0.1) is 25.2 Å². The summed E-state index contributed by atoms with van der Waals surface area (Å²) in [5.74, 6) is 0.161. The summed E-state index contributed by atoms with van der Waals surface area (Å²) in [6, 6.07) is 9.55. The van der Waals surface area contributed by atoms with Gasteiger partial charge in [0.1, 0.15) is 0 Å². The molecule has 0 aliphatic heterocycles. The standard InChI is InChI=1S/C20H26N4O/c1-5-12-24(14-18-8-6-17(13-21)7-9-18)20(25)11-10-19-15(2)22-23(4)16(19)3/h6-9H,5,10-12,14H2,1-4H3. The summed E-state index contributed by atoms with van der Waals surface area (Å²) in [6.07, 6.45) is 2.13. The highest BCUT2D eigenvalue weighted by atomic mass is 16.2. The van der Waals surface area contributed by atoms with Crippen LogP contribution in [0.3, 0.4) is 0 Å². The number of carbonyl (C=O) groups excluding carboxylic acids is 1. The molecule has 0 atom stereocenters. The Labute approximate surface area is 149 Å². The van der Waals surface area contributed by atoms with Crippen LogP contribution in [0.1, 0.15) is 47.8 Å². The summed E-state index contributed by atoms with van der Waals surface area (Å²) in [6.45, 7) is 7.44. The summed E-state index contributed by atoms with van der Waals surface area (Å²) in [5.41, 5.74) is 4.99. The fourth-order valence-corrected chi connectivity index (χ4v) is 3.04. The number of benzene rings is 1. The van der Waals surface area contributed by atoms with Gasteiger partial charge in [0, 0.05) is 32.3 Å². The van der Waals surface area contributed by atoms with Crippen LogP contribution in [0.4, 0.5) is 0 Å². The van der Waals surface area contributed by atoms with Gasteiger partial charge >= 0.3 is 0 Å². The number of hydrogen-bond acceptors (Lipinski definition) is 3. The minimum absolute atomic E-state index is 0.161. The molecular weight excluding hydrogens is 312 g/mol. The zero-order chi connectivity index (χ0) is 18.4. The van der Waals surface area contributed by atoms with Crippen molar-refractivity contribution in [3.8, 4) is 6.07 Å². The Hall–Kier alpha value is -2.61. The molecule has 0 radical (unpaired) electrons. The molecule has 0 fully saturated rings. The van der Waals surface area contributed by atoms with Crippen molar-refractivity contribution in [3.05, 3.63) is 52.3 Å². The number of nitriles is 1. The molecular formula is C20H26N4O. The minimum Gasteiger partial charge on any atom is -0.338 e. The fraction of sp³-hybridized carbons (Fsp3) is 0.450. The summed E-state index contributed by atoms with van der Waals surface area (Å²) in [5, 5.41) is 13.3. The van der Waals surface area contributed by atoms with Gasteiger partial charge in [-0.1, -0.05) is 19.1 Å². The smallest absolute Gasteiger partial charge is 0.223 e. The van der Waals surface area contributed by atoms with Crippen LogP contribution in [0.2, 0.25) is 0 Å². The van der Waals surface area contributed by atoms with Crippen LogP contribution in [-0.2, 0) is 24.8 Å². The molecule has 0 aliphatic carbocycles. The Balaban J connectivity index is 2.03. The molecule has 0 spiro atoms. The average Bonchev–Trinajstić information content (AvgIpc) is 2.85. The van der Waals surface area contributed by atoms with Gasteiger partial charge in [0.05, 0.1) is 17.3 Å². The minimum atomic E-state index is 0.161. The predicted molar refractivity (Wildman–Crippen MR) is 97.9 cm³/mol. The van der Waals surface area contributed by atoms with Gasteiger partial charge in [0.25, 0.3) is 0 Å². The van der Waals surface area contributed by atoms with Crippen LogP contribution in [0.15, 0.2) is 24.3 Å². The normalized spacial score (nSPS) is 10.5. The lowest BCUT2D eigenvalue weighted by Crippen LogP contribution is -2.31. The van der Waals surface area contributed by atoms with E-state index in [1.807, 2.05) is 42.6 Å². The Morgan fingerprint density at radius 3 is 2.48 bits per heavy atom. The fourth-order valence-electron chi connectivity index (χ4n) is 3.04. The summed E-state index contributed by atoms with van der Waals surface area (Å²) in [4.78, 5) is 14.6. The van der Waals surface area contributed by atoms with E-state index >= 15 is 0 Å². The quantitative estimate of drug-likeness (QED) is 0.778. The first-order valence-electron chi connectivity index (χ1n) is 8.72. The number of aryl methyl sites for hydroxylation is 2. The summed E-state index contributed by atoms with van der Waals surface area (Å²) in [7, 11) is 1.93. The van der Waals surface area contributed by atoms with E-state index in [2.05, 4.69) is 18.1 Å². The molecule has 2 rings (SSSR count). The van der Waals surface area contributed by atoms with Crippen molar-refractivity contribution in [2.24, 2.45) is 7.05 Å². The van der Waals surface area contributed by atoms with Gasteiger partial charge in [0.2, 0.25) is 5.91 Å². The van der Waals surface area contributed by atoms with E-state index in [0.717, 1.165) is 36.3 Å². The summed E-state index contributed by atoms with van der Waals surface area (Å²) >= 11 is 0. The molecule has 0 aliphatic rings. The Kier molecular flexibility index (Phi) is 6.35. The highest BCUT2D eigenvalue weighted by Crippen LogP contribution is 2.16. The first-order chi connectivity index (χ1) is 12.0. The summed E-state index contributed by atoms with van der Waals surface area (Å²) < 4.78 is 1.87. The molecule has 1 amide bonds. The molecule has 5 heteroatoms. The van der Waals surface area contributed by atoms with E-state index in [1.165, 1.54) is 5.56 Å². The van der Waals surface area contributed by atoms with E-state index < -0.39 is 0 Å². The van der Waals surface area contributed by atoms with Crippen LogP contribution < -0.4 is 0 Å². The van der Waals surface area contributed by atoms with E-state index in [0.29, 0.717) is 18.5 Å². The van der Waals surface area contributed by atoms with Crippen molar-refractivity contribution < 1.29 is 4.79 Å². The Bertz CT molecular complexity index is 768. The van der Waals surface area contributed by atoms with E-state index in [9.17, 15) is 4.79 Å². The Morgan fingerprint density at radius 1 is 1.28 bits per heavy atom. The van der Waals surface area contributed by atoms with Crippen LogP contribution in [-0.4, -0.2) is 27.1 Å². The number of amides is 1. The maximum Gasteiger partial charge on any atom is 0.223 e. The molecule has 0 saturated carbocycles. The lowest BCUT2D eigenvalue weighted by Gasteiger charge is -2.22. The molecule has 5 nitrogen and oxygen atoms in total. The molecule has 2 aromatic rings. The van der Waals surface area contributed by atoms with Gasteiger partial charge in [0.15, 0.2) is 0 Å². The van der Waals surface area contributed by atoms with Crippen LogP contribution in [0.25, 0.3) is 0 Å². The van der Waals surface area contributed by atoms with E-state index in [1.54, 1.807) is 12.1 Å². The zero-order valence-corrected chi connectivity index (χ0v) is 15.5. The number of aromatic nitrogens is 2. The monoisotopic (exact) mass is 338 g/mol. The first kappa shape index (κ1) is 18.7. The second kappa shape index (κ2) is 8.48. The lowest BCUT2D eigenvalue weighted by atomic mass is 10.1. The molecule has 132 valence electrons. The average molecular weight is 338 g/mol. The number of carbonyl (C=O) groups is 1. The van der Waals surface area contributed by atoms with Crippen molar-refractivity contribution in [3.63, 3.8) is 0 Å². The van der Waals surface area contributed by atoms with Crippen LogP contribution >= 0.6 is 0 Å². The maximum atomic E-state index is 12.7. The van der Waals surface area contributed by atoms with Gasteiger partial charge in [-0.3, -0.25) is 9.48 Å². The van der Waals surface area contributed by atoms with Gasteiger partial charge in [-0.05, 0) is 49.9 Å². The molecule has 0 N–H and O–H groups in total. The zero-order valence-electron chi connectivity index (χ0n) is 15.5. The number of rotatable bonds is 7. The largest absolute Gasteiger partial charge is 0.338 e. The van der Waals surface area contributed by atoms with Gasteiger partial charge in [-0.15, -0.1) is 0 Å². The topological polar surface area (TPSA) is 61.9 Å². The molecule has 25 heavy (non-hydrogen) atoms. The maximum absolute atomic E-state index is 12.7. The molecule has 1 aromatic heterocycles. The van der Waals surface area contributed by atoms with E-state index in [4.69, 9.17) is 5.26 Å². The molecule has 1 heterocycles. The van der Waals surface area contributed by atoms with Crippen molar-refractivity contribution in [2.75, 3.05) is 6.54 Å². The van der Waals surface area contributed by atoms with Crippen molar-refractivity contribution in [1.29, 1.82) is 5.26 Å². The highest BCUT2D eigenvalue weighted by Gasteiger charge is 2.16. The van der Waals surface area contributed by atoms with Crippen molar-refractivity contribution in [2.45, 2.75) is 46.6 Å². The SMILES string of the molecule is CCCN(Cc1ccc(C#N)cc1)C(=O)CCc1c(C)nn(C)c1C. The van der Waals surface area contributed by atoms with Gasteiger partial charge < -0.3 is 4.90 Å². The second-order valence-corrected chi connectivity index (χ2v) is 6.40. The van der Waals surface area contributed by atoms with Crippen molar-refractivity contribution >= 4 is 5.91 Å². The molecule has 0 unspecified atom stereocenters. The molecule has 1 aromatic carbocycles. The third-order valence-electron chi connectivity index (χ3n) is 4.55. The Morgan fingerprint density at radius 2 is 1.96 bits per heavy atom. The second-order valence-electron chi connectivity index (χ2n) is 6.40. The molecule has 0 saturated heterocycles. The van der Waals surface area contributed by atoms with Crippen molar-refractivity contribution in [1.82, 2.24) is 14.7 Å². The van der Waals surface area contributed by atoms with Gasteiger partial charge in [-0.2, -0.15) is 10.4 Å². The van der Waals surface area contributed by atoms with Gasteiger partial charge in [-0.25, -0.2) is 0 Å². The van der Waals surface area contributed by atoms with Crippen LogP contribution in [0.5, 0.6) is 0 Å². The van der Waals surface area contributed by atoms with E-state index in [-0.39, 0.29) is 5.91 Å². The number of hydrogen-bond donors (Lipinski definition) is 0. The highest BCUT2D eigenvalue weighted by molar-refractivity contribution is 5.76. The third kappa shape index (κ3) is 4.69. The third-order valence-corrected chi connectivity index (χ3v) is 4.55. The molecule has 0 bridgehead atoms. The number of nitrogens with zero attached hydrogens (tertiary/aromatic N) is 4. The predicted octanol–water partition coefficient (Wildman–Crippen LogP) is 3.28. The first-order valence-corrected chi connectivity index (χ1v) is 8.72.